The van der Waals surface area contributed by atoms with Crippen molar-refractivity contribution in [3.05, 3.63) is 30.2 Å². The minimum Gasteiger partial charge on any atom is -0.357 e. The Bertz CT molecular complexity index is 740. The van der Waals surface area contributed by atoms with Crippen LogP contribution in [0.15, 0.2) is 33.9 Å². The van der Waals surface area contributed by atoms with E-state index < -0.39 is 0 Å². The Morgan fingerprint density at radius 3 is 2.89 bits per heavy atom. The number of aliphatic imine (C=N–C) groups is 1. The SMILES string of the molecule is CCNC(=NCCc1noc(-c2ccccn2)n1)N1CCC(C(CC)CC)C1. The highest BCUT2D eigenvalue weighted by atomic mass is 16.5. The molecule has 0 saturated carbocycles. The molecule has 7 heteroatoms. The molecule has 1 unspecified atom stereocenters. The van der Waals surface area contributed by atoms with Gasteiger partial charge in [-0.05, 0) is 37.3 Å². The van der Waals surface area contributed by atoms with Crippen LogP contribution >= 0.6 is 0 Å². The Morgan fingerprint density at radius 2 is 2.18 bits per heavy atom. The van der Waals surface area contributed by atoms with Crippen molar-refractivity contribution in [1.82, 2.24) is 25.3 Å². The lowest BCUT2D eigenvalue weighted by Crippen LogP contribution is -2.40. The second kappa shape index (κ2) is 10.2. The van der Waals surface area contributed by atoms with Crippen molar-refractivity contribution in [2.75, 3.05) is 26.2 Å². The molecule has 0 aromatic carbocycles. The molecule has 1 aliphatic heterocycles. The van der Waals surface area contributed by atoms with Gasteiger partial charge in [-0.2, -0.15) is 4.98 Å². The summed E-state index contributed by atoms with van der Waals surface area (Å²) in [6, 6.07) is 5.64. The van der Waals surface area contributed by atoms with Gasteiger partial charge in [0.25, 0.3) is 5.89 Å². The van der Waals surface area contributed by atoms with E-state index in [1.54, 1.807) is 6.20 Å². The minimum absolute atomic E-state index is 0.457. The largest absolute Gasteiger partial charge is 0.357 e. The van der Waals surface area contributed by atoms with Crippen molar-refractivity contribution in [2.24, 2.45) is 16.8 Å². The van der Waals surface area contributed by atoms with Crippen molar-refractivity contribution in [1.29, 1.82) is 0 Å². The number of likely N-dealkylation sites (tertiary alicyclic amines) is 1. The van der Waals surface area contributed by atoms with Gasteiger partial charge in [0.2, 0.25) is 0 Å². The standard InChI is InChI=1S/C21H32N6O/c1-4-16(5-2)17-11-14-27(15-17)21(22-6-3)24-13-10-19-25-20(28-26-19)18-9-7-8-12-23-18/h7-9,12,16-17H,4-6,10-11,13-15H2,1-3H3,(H,22,24). The molecule has 1 N–H and O–H groups in total. The quantitative estimate of drug-likeness (QED) is 0.555. The van der Waals surface area contributed by atoms with Crippen LogP contribution in [-0.4, -0.2) is 52.2 Å². The second-order valence-electron chi connectivity index (χ2n) is 7.29. The number of hydrogen-bond acceptors (Lipinski definition) is 5. The molecule has 0 radical (unpaired) electrons. The fourth-order valence-electron chi connectivity index (χ4n) is 3.96. The van der Waals surface area contributed by atoms with Crippen molar-refractivity contribution < 1.29 is 4.52 Å². The summed E-state index contributed by atoms with van der Waals surface area (Å²) in [4.78, 5) is 15.9. The average molecular weight is 385 g/mol. The van der Waals surface area contributed by atoms with Gasteiger partial charge in [-0.15, -0.1) is 0 Å². The van der Waals surface area contributed by atoms with Crippen LogP contribution in [0, 0.1) is 11.8 Å². The van der Waals surface area contributed by atoms with Crippen molar-refractivity contribution >= 4 is 5.96 Å². The van der Waals surface area contributed by atoms with Crippen LogP contribution < -0.4 is 5.32 Å². The fourth-order valence-corrected chi connectivity index (χ4v) is 3.96. The maximum absolute atomic E-state index is 5.32. The van der Waals surface area contributed by atoms with Gasteiger partial charge in [0.1, 0.15) is 5.69 Å². The lowest BCUT2D eigenvalue weighted by Gasteiger charge is -2.24. The van der Waals surface area contributed by atoms with Crippen LogP contribution in [0.25, 0.3) is 11.6 Å². The lowest BCUT2D eigenvalue weighted by atomic mass is 9.87. The maximum Gasteiger partial charge on any atom is 0.276 e. The molecule has 2 aromatic rings. The first-order valence-corrected chi connectivity index (χ1v) is 10.5. The predicted molar refractivity (Wildman–Crippen MR) is 111 cm³/mol. The van der Waals surface area contributed by atoms with Crippen LogP contribution in [0.5, 0.6) is 0 Å². The zero-order valence-corrected chi connectivity index (χ0v) is 17.3. The third-order valence-electron chi connectivity index (χ3n) is 5.52. The fraction of sp³-hybridized carbons (Fsp3) is 0.619. The van der Waals surface area contributed by atoms with Gasteiger partial charge in [0.05, 0.1) is 0 Å². The van der Waals surface area contributed by atoms with E-state index in [4.69, 9.17) is 9.52 Å². The molecule has 0 amide bonds. The highest BCUT2D eigenvalue weighted by Gasteiger charge is 2.29. The van der Waals surface area contributed by atoms with Gasteiger partial charge >= 0.3 is 0 Å². The van der Waals surface area contributed by atoms with E-state index in [0.29, 0.717) is 30.4 Å². The molecule has 0 aliphatic carbocycles. The molecule has 1 fully saturated rings. The van der Waals surface area contributed by atoms with Crippen LogP contribution in [0.1, 0.15) is 45.9 Å². The average Bonchev–Trinajstić information content (AvgIpc) is 3.39. The van der Waals surface area contributed by atoms with Gasteiger partial charge in [0.15, 0.2) is 11.8 Å². The minimum atomic E-state index is 0.457. The highest BCUT2D eigenvalue weighted by molar-refractivity contribution is 5.80. The molecule has 1 aliphatic rings. The van der Waals surface area contributed by atoms with E-state index in [1.807, 2.05) is 18.2 Å². The highest BCUT2D eigenvalue weighted by Crippen LogP contribution is 2.28. The van der Waals surface area contributed by atoms with Gasteiger partial charge in [-0.25, -0.2) is 0 Å². The Morgan fingerprint density at radius 1 is 1.32 bits per heavy atom. The van der Waals surface area contributed by atoms with E-state index in [0.717, 1.165) is 37.4 Å². The van der Waals surface area contributed by atoms with Gasteiger partial charge in [0, 0.05) is 38.8 Å². The summed E-state index contributed by atoms with van der Waals surface area (Å²) in [6.45, 7) is 10.4. The van der Waals surface area contributed by atoms with Crippen LogP contribution in [-0.2, 0) is 6.42 Å². The number of rotatable bonds is 8. The lowest BCUT2D eigenvalue weighted by molar-refractivity contribution is 0.319. The van der Waals surface area contributed by atoms with E-state index in [9.17, 15) is 0 Å². The summed E-state index contributed by atoms with van der Waals surface area (Å²) in [7, 11) is 0. The van der Waals surface area contributed by atoms with Crippen LogP contribution in [0.2, 0.25) is 0 Å². The van der Waals surface area contributed by atoms with Crippen LogP contribution in [0.4, 0.5) is 0 Å². The molecule has 3 heterocycles. The van der Waals surface area contributed by atoms with E-state index >= 15 is 0 Å². The number of pyridine rings is 1. The Balaban J connectivity index is 1.57. The van der Waals surface area contributed by atoms with Crippen molar-refractivity contribution in [2.45, 2.75) is 46.5 Å². The molecule has 1 atom stereocenters. The predicted octanol–water partition coefficient (Wildman–Crippen LogP) is 3.40. The summed E-state index contributed by atoms with van der Waals surface area (Å²) >= 11 is 0. The summed E-state index contributed by atoms with van der Waals surface area (Å²) in [5.41, 5.74) is 0.697. The Labute approximate surface area is 167 Å². The van der Waals surface area contributed by atoms with Crippen LogP contribution in [0.3, 0.4) is 0 Å². The van der Waals surface area contributed by atoms with E-state index in [1.165, 1.54) is 19.3 Å². The number of nitrogens with zero attached hydrogens (tertiary/aromatic N) is 5. The molecule has 1 saturated heterocycles. The maximum atomic E-state index is 5.32. The molecule has 2 aromatic heterocycles. The Hall–Kier alpha value is -2.44. The molecule has 152 valence electrons. The van der Waals surface area contributed by atoms with Gasteiger partial charge in [-0.1, -0.05) is 37.9 Å². The van der Waals surface area contributed by atoms with Gasteiger partial charge in [-0.3, -0.25) is 9.98 Å². The molecule has 28 heavy (non-hydrogen) atoms. The van der Waals surface area contributed by atoms with E-state index in [2.05, 4.69) is 46.1 Å². The summed E-state index contributed by atoms with van der Waals surface area (Å²) in [6.07, 6.45) is 6.15. The number of nitrogens with one attached hydrogen (secondary N) is 1. The first kappa shape index (κ1) is 20.3. The molecular formula is C21H32N6O. The zero-order valence-electron chi connectivity index (χ0n) is 17.3. The topological polar surface area (TPSA) is 79.4 Å². The third kappa shape index (κ3) is 5.09. The first-order valence-electron chi connectivity index (χ1n) is 10.5. The Kier molecular flexibility index (Phi) is 7.39. The third-order valence-corrected chi connectivity index (χ3v) is 5.52. The second-order valence-corrected chi connectivity index (χ2v) is 7.29. The number of guanidine groups is 1. The number of hydrogen-bond donors (Lipinski definition) is 1. The summed E-state index contributed by atoms with van der Waals surface area (Å²) in [5.74, 6) is 3.72. The van der Waals surface area contributed by atoms with Gasteiger partial charge < -0.3 is 14.7 Å². The van der Waals surface area contributed by atoms with E-state index in [-0.39, 0.29) is 0 Å². The molecule has 0 bridgehead atoms. The first-order chi connectivity index (χ1) is 13.7. The van der Waals surface area contributed by atoms with Crippen molar-refractivity contribution in [3.8, 4) is 11.6 Å². The number of aromatic nitrogens is 3. The molecule has 0 spiro atoms. The monoisotopic (exact) mass is 384 g/mol. The summed E-state index contributed by atoms with van der Waals surface area (Å²) < 4.78 is 5.32. The summed E-state index contributed by atoms with van der Waals surface area (Å²) in [5, 5.41) is 7.50. The molecule has 7 nitrogen and oxygen atoms in total. The molecular weight excluding hydrogens is 352 g/mol. The smallest absolute Gasteiger partial charge is 0.276 e. The van der Waals surface area contributed by atoms with Crippen molar-refractivity contribution in [3.63, 3.8) is 0 Å². The normalized spacial score (nSPS) is 17.5. The molecule has 3 rings (SSSR count). The zero-order chi connectivity index (χ0) is 19.8.